The molecule has 8 heteroatoms. The average Bonchev–Trinajstić information content (AvgIpc) is 2.63. The van der Waals surface area contributed by atoms with Crippen LogP contribution >= 0.6 is 0 Å². The van der Waals surface area contributed by atoms with Gasteiger partial charge in [0.05, 0.1) is 11.1 Å². The molecule has 0 saturated heterocycles. The number of alkyl halides is 3. The summed E-state index contributed by atoms with van der Waals surface area (Å²) in [5, 5.41) is 2.57. The summed E-state index contributed by atoms with van der Waals surface area (Å²) in [7, 11) is 0. The number of benzene rings is 2. The molecule has 0 bridgehead atoms. The molecule has 1 N–H and O–H groups in total. The molecule has 2 aromatic carbocycles. The van der Waals surface area contributed by atoms with Gasteiger partial charge in [-0.25, -0.2) is 4.39 Å². The molecule has 0 aliphatic carbocycles. The summed E-state index contributed by atoms with van der Waals surface area (Å²) in [6.45, 7) is 1.31. The van der Waals surface area contributed by atoms with E-state index in [4.69, 9.17) is 0 Å². The molecule has 1 amide bonds. The summed E-state index contributed by atoms with van der Waals surface area (Å²) in [4.78, 5) is 24.2. The van der Waals surface area contributed by atoms with Crippen LogP contribution in [-0.4, -0.2) is 17.0 Å². The van der Waals surface area contributed by atoms with E-state index in [-0.39, 0.29) is 29.6 Å². The predicted octanol–water partition coefficient (Wildman–Crippen LogP) is 3.90. The largest absolute Gasteiger partial charge is 0.431 e. The Morgan fingerprint density at radius 1 is 1.11 bits per heavy atom. The molecule has 146 valence electrons. The van der Waals surface area contributed by atoms with Gasteiger partial charge in [-0.1, -0.05) is 23.8 Å². The van der Waals surface area contributed by atoms with Crippen LogP contribution in [0.1, 0.15) is 21.6 Å². The zero-order valence-electron chi connectivity index (χ0n) is 14.8. The van der Waals surface area contributed by atoms with E-state index in [0.29, 0.717) is 6.07 Å². The minimum Gasteiger partial charge on any atom is -0.350 e. The highest BCUT2D eigenvalue weighted by Gasteiger charge is 2.35. The summed E-state index contributed by atoms with van der Waals surface area (Å²) in [5.41, 5.74) is -1.17. The maximum atomic E-state index is 13.7. The molecule has 0 radical (unpaired) electrons. The Morgan fingerprint density at radius 3 is 2.50 bits per heavy atom. The Kier molecular flexibility index (Phi) is 5.22. The maximum absolute atomic E-state index is 13.7. The summed E-state index contributed by atoms with van der Waals surface area (Å²) in [6, 6.07) is 10.4. The van der Waals surface area contributed by atoms with Crippen molar-refractivity contribution in [1.29, 1.82) is 0 Å². The monoisotopic (exact) mass is 392 g/mol. The fraction of sp³-hybridized carbons (Fsp3) is 0.200. The van der Waals surface area contributed by atoms with E-state index < -0.39 is 29.0 Å². The summed E-state index contributed by atoms with van der Waals surface area (Å²) < 4.78 is 54.9. The Balaban J connectivity index is 1.93. The van der Waals surface area contributed by atoms with Gasteiger partial charge in [0.25, 0.3) is 5.91 Å². The number of aromatic nitrogens is 1. The van der Waals surface area contributed by atoms with E-state index in [1.54, 1.807) is 13.0 Å². The molecule has 0 aliphatic rings. The molecular formula is C20H16F4N2O2. The van der Waals surface area contributed by atoms with E-state index in [9.17, 15) is 27.2 Å². The molecule has 3 aromatic rings. The van der Waals surface area contributed by atoms with Crippen LogP contribution in [0.5, 0.6) is 0 Å². The summed E-state index contributed by atoms with van der Waals surface area (Å²) >= 11 is 0. The molecule has 0 unspecified atom stereocenters. The Labute approximate surface area is 157 Å². The van der Waals surface area contributed by atoms with Crippen LogP contribution in [0, 0.1) is 12.7 Å². The Hall–Kier alpha value is -3.16. The van der Waals surface area contributed by atoms with Crippen molar-refractivity contribution in [3.05, 3.63) is 81.4 Å². The van der Waals surface area contributed by atoms with E-state index in [1.165, 1.54) is 30.3 Å². The van der Waals surface area contributed by atoms with Crippen LogP contribution in [0.3, 0.4) is 0 Å². The van der Waals surface area contributed by atoms with Crippen LogP contribution in [0.2, 0.25) is 0 Å². The number of nitrogens with zero attached hydrogens (tertiary/aromatic N) is 1. The highest BCUT2D eigenvalue weighted by Crippen LogP contribution is 2.30. The van der Waals surface area contributed by atoms with Gasteiger partial charge < -0.3 is 9.88 Å². The second-order valence-electron chi connectivity index (χ2n) is 6.30. The number of nitrogens with one attached hydrogen (secondary N) is 1. The molecule has 1 aromatic heterocycles. The number of pyridine rings is 1. The van der Waals surface area contributed by atoms with Gasteiger partial charge in [0, 0.05) is 24.5 Å². The molecule has 0 spiro atoms. The number of aryl methyl sites for hydroxylation is 1. The SMILES string of the molecule is Cc1ccc2c(c1)c(=O)cc(C(F)(F)F)n2CCNC(=O)c1ccccc1F. The quantitative estimate of drug-likeness (QED) is 0.685. The third-order valence-electron chi connectivity index (χ3n) is 4.30. The molecular weight excluding hydrogens is 376 g/mol. The zero-order valence-corrected chi connectivity index (χ0v) is 14.8. The number of fused-ring (bicyclic) bond motifs is 1. The molecule has 0 aliphatic heterocycles. The van der Waals surface area contributed by atoms with Crippen molar-refractivity contribution >= 4 is 16.8 Å². The van der Waals surface area contributed by atoms with E-state index in [1.807, 2.05) is 0 Å². The number of carbonyl (C=O) groups excluding carboxylic acids is 1. The third-order valence-corrected chi connectivity index (χ3v) is 4.30. The first kappa shape index (κ1) is 19.6. The fourth-order valence-electron chi connectivity index (χ4n) is 2.99. The van der Waals surface area contributed by atoms with Crippen LogP contribution in [-0.2, 0) is 12.7 Å². The third kappa shape index (κ3) is 3.90. The number of rotatable bonds is 4. The lowest BCUT2D eigenvalue weighted by atomic mass is 10.1. The van der Waals surface area contributed by atoms with Gasteiger partial charge in [0.1, 0.15) is 11.5 Å². The lowest BCUT2D eigenvalue weighted by Gasteiger charge is -2.19. The van der Waals surface area contributed by atoms with Gasteiger partial charge >= 0.3 is 6.18 Å². The summed E-state index contributed by atoms with van der Waals surface area (Å²) in [5.74, 6) is -1.45. The first-order valence-electron chi connectivity index (χ1n) is 8.42. The van der Waals surface area contributed by atoms with Crippen LogP contribution in [0.15, 0.2) is 53.3 Å². The van der Waals surface area contributed by atoms with Crippen molar-refractivity contribution in [1.82, 2.24) is 9.88 Å². The first-order valence-corrected chi connectivity index (χ1v) is 8.42. The van der Waals surface area contributed by atoms with Crippen molar-refractivity contribution in [3.63, 3.8) is 0 Å². The van der Waals surface area contributed by atoms with Gasteiger partial charge in [-0.05, 0) is 31.2 Å². The minimum atomic E-state index is -4.74. The van der Waals surface area contributed by atoms with Crippen LogP contribution in [0.25, 0.3) is 10.9 Å². The maximum Gasteiger partial charge on any atom is 0.431 e. The number of halogens is 4. The Morgan fingerprint density at radius 2 is 1.82 bits per heavy atom. The van der Waals surface area contributed by atoms with Crippen molar-refractivity contribution in [2.24, 2.45) is 0 Å². The van der Waals surface area contributed by atoms with Crippen LogP contribution < -0.4 is 10.7 Å². The predicted molar refractivity (Wildman–Crippen MR) is 96.7 cm³/mol. The van der Waals surface area contributed by atoms with Gasteiger partial charge in [0.15, 0.2) is 5.43 Å². The van der Waals surface area contributed by atoms with Crippen molar-refractivity contribution < 1.29 is 22.4 Å². The highest BCUT2D eigenvalue weighted by atomic mass is 19.4. The number of hydrogen-bond acceptors (Lipinski definition) is 2. The molecule has 3 rings (SSSR count). The summed E-state index contributed by atoms with van der Waals surface area (Å²) in [6.07, 6.45) is -4.74. The normalized spacial score (nSPS) is 11.6. The van der Waals surface area contributed by atoms with Crippen LogP contribution in [0.4, 0.5) is 17.6 Å². The van der Waals surface area contributed by atoms with Gasteiger partial charge in [-0.3, -0.25) is 9.59 Å². The van der Waals surface area contributed by atoms with Crippen molar-refractivity contribution in [2.45, 2.75) is 19.6 Å². The number of amides is 1. The fourth-order valence-corrected chi connectivity index (χ4v) is 2.99. The molecule has 0 fully saturated rings. The Bertz CT molecular complexity index is 1100. The zero-order chi connectivity index (χ0) is 20.5. The minimum absolute atomic E-state index is 0.116. The van der Waals surface area contributed by atoms with Gasteiger partial charge in [-0.15, -0.1) is 0 Å². The molecule has 0 saturated carbocycles. The molecule has 1 heterocycles. The van der Waals surface area contributed by atoms with Gasteiger partial charge in [0.2, 0.25) is 0 Å². The van der Waals surface area contributed by atoms with E-state index in [2.05, 4.69) is 5.32 Å². The second-order valence-corrected chi connectivity index (χ2v) is 6.30. The van der Waals surface area contributed by atoms with Crippen molar-refractivity contribution in [2.75, 3.05) is 6.54 Å². The average molecular weight is 392 g/mol. The first-order chi connectivity index (χ1) is 13.2. The lowest BCUT2D eigenvalue weighted by molar-refractivity contribution is -0.143. The standard InChI is InChI=1S/C20H16F4N2O2/c1-12-6-7-16-14(10-12)17(27)11-18(20(22,23)24)26(16)9-8-25-19(28)13-4-2-3-5-15(13)21/h2-7,10-11H,8-9H2,1H3,(H,25,28). The van der Waals surface area contributed by atoms with E-state index >= 15 is 0 Å². The smallest absolute Gasteiger partial charge is 0.350 e. The molecule has 28 heavy (non-hydrogen) atoms. The van der Waals surface area contributed by atoms with E-state index in [0.717, 1.165) is 16.2 Å². The van der Waals surface area contributed by atoms with Crippen molar-refractivity contribution in [3.8, 4) is 0 Å². The number of carbonyl (C=O) groups is 1. The molecule has 4 nitrogen and oxygen atoms in total. The molecule has 0 atom stereocenters. The lowest BCUT2D eigenvalue weighted by Crippen LogP contribution is -2.30. The second kappa shape index (κ2) is 7.46. The topological polar surface area (TPSA) is 51.1 Å². The van der Waals surface area contributed by atoms with Gasteiger partial charge in [-0.2, -0.15) is 13.2 Å². The highest BCUT2D eigenvalue weighted by molar-refractivity contribution is 5.94. The number of hydrogen-bond donors (Lipinski definition) is 1.